The SMILES string of the molecule is CC(=O)N1CC[C@@]2(CCCN(Cc3ccc(C)o3)C2)C1. The summed E-state index contributed by atoms with van der Waals surface area (Å²) >= 11 is 0. The number of furan rings is 1. The highest BCUT2D eigenvalue weighted by Crippen LogP contribution is 2.39. The first kappa shape index (κ1) is 13.7. The van der Waals surface area contributed by atoms with Crippen LogP contribution in [0.4, 0.5) is 0 Å². The number of hydrogen-bond donors (Lipinski definition) is 0. The predicted octanol–water partition coefficient (Wildman–Crippen LogP) is 2.42. The molecule has 2 fully saturated rings. The molecule has 2 saturated heterocycles. The van der Waals surface area contributed by atoms with Crippen molar-refractivity contribution in [2.75, 3.05) is 26.2 Å². The second-order valence-electron chi connectivity index (χ2n) is 6.52. The van der Waals surface area contributed by atoms with Crippen molar-refractivity contribution in [2.45, 2.75) is 39.7 Å². The second-order valence-corrected chi connectivity index (χ2v) is 6.52. The summed E-state index contributed by atoms with van der Waals surface area (Å²) in [7, 11) is 0. The molecule has 1 spiro atoms. The van der Waals surface area contributed by atoms with E-state index in [9.17, 15) is 4.79 Å². The van der Waals surface area contributed by atoms with E-state index < -0.39 is 0 Å². The summed E-state index contributed by atoms with van der Waals surface area (Å²) in [6, 6.07) is 4.11. The summed E-state index contributed by atoms with van der Waals surface area (Å²) < 4.78 is 5.69. The smallest absolute Gasteiger partial charge is 0.219 e. The first-order valence-electron chi connectivity index (χ1n) is 7.60. The highest BCUT2D eigenvalue weighted by Gasteiger charge is 2.42. The van der Waals surface area contributed by atoms with Gasteiger partial charge in [0.15, 0.2) is 0 Å². The number of nitrogens with zero attached hydrogens (tertiary/aromatic N) is 2. The summed E-state index contributed by atoms with van der Waals surface area (Å²) in [5.74, 6) is 2.26. The molecule has 0 unspecified atom stereocenters. The first-order chi connectivity index (χ1) is 9.56. The third-order valence-electron chi connectivity index (χ3n) is 4.80. The van der Waals surface area contributed by atoms with Gasteiger partial charge in [-0.05, 0) is 44.9 Å². The van der Waals surface area contributed by atoms with Crippen molar-refractivity contribution in [1.82, 2.24) is 9.80 Å². The minimum absolute atomic E-state index is 0.223. The average Bonchev–Trinajstić information content (AvgIpc) is 2.97. The highest BCUT2D eigenvalue weighted by molar-refractivity contribution is 5.73. The number of hydrogen-bond acceptors (Lipinski definition) is 3. The minimum Gasteiger partial charge on any atom is -0.465 e. The van der Waals surface area contributed by atoms with Crippen LogP contribution in [-0.4, -0.2) is 41.9 Å². The third kappa shape index (κ3) is 2.75. The lowest BCUT2D eigenvalue weighted by molar-refractivity contribution is -0.128. The zero-order valence-corrected chi connectivity index (χ0v) is 12.5. The van der Waals surface area contributed by atoms with Crippen LogP contribution in [0.15, 0.2) is 16.5 Å². The molecule has 20 heavy (non-hydrogen) atoms. The second kappa shape index (κ2) is 5.24. The number of likely N-dealkylation sites (tertiary alicyclic amines) is 2. The van der Waals surface area contributed by atoms with Gasteiger partial charge in [-0.25, -0.2) is 0 Å². The quantitative estimate of drug-likeness (QED) is 0.832. The molecule has 0 bridgehead atoms. The molecule has 3 heterocycles. The van der Waals surface area contributed by atoms with Crippen LogP contribution in [0.5, 0.6) is 0 Å². The molecule has 1 amide bonds. The Bertz CT molecular complexity index is 496. The van der Waals surface area contributed by atoms with Gasteiger partial charge in [0.25, 0.3) is 0 Å². The molecule has 4 heteroatoms. The van der Waals surface area contributed by atoms with E-state index in [0.29, 0.717) is 5.41 Å². The molecule has 0 aliphatic carbocycles. The monoisotopic (exact) mass is 276 g/mol. The third-order valence-corrected chi connectivity index (χ3v) is 4.80. The van der Waals surface area contributed by atoms with E-state index in [2.05, 4.69) is 11.0 Å². The molecule has 0 N–H and O–H groups in total. The van der Waals surface area contributed by atoms with Crippen molar-refractivity contribution < 1.29 is 9.21 Å². The van der Waals surface area contributed by atoms with E-state index >= 15 is 0 Å². The van der Waals surface area contributed by atoms with Crippen LogP contribution in [0.3, 0.4) is 0 Å². The van der Waals surface area contributed by atoms with Crippen molar-refractivity contribution in [3.05, 3.63) is 23.7 Å². The molecular weight excluding hydrogens is 252 g/mol. The lowest BCUT2D eigenvalue weighted by Gasteiger charge is -2.40. The van der Waals surface area contributed by atoms with Crippen LogP contribution in [0, 0.1) is 12.3 Å². The minimum atomic E-state index is 0.223. The lowest BCUT2D eigenvalue weighted by Crippen LogP contribution is -2.44. The molecule has 1 atom stereocenters. The fourth-order valence-corrected chi connectivity index (χ4v) is 3.77. The van der Waals surface area contributed by atoms with Crippen LogP contribution in [0.2, 0.25) is 0 Å². The van der Waals surface area contributed by atoms with E-state index in [1.807, 2.05) is 17.9 Å². The molecule has 0 saturated carbocycles. The largest absolute Gasteiger partial charge is 0.465 e. The fourth-order valence-electron chi connectivity index (χ4n) is 3.77. The van der Waals surface area contributed by atoms with Gasteiger partial charge in [0.05, 0.1) is 6.54 Å². The molecule has 3 rings (SSSR count). The van der Waals surface area contributed by atoms with Gasteiger partial charge in [-0.2, -0.15) is 0 Å². The maximum atomic E-state index is 11.5. The molecule has 1 aromatic rings. The van der Waals surface area contributed by atoms with E-state index in [1.165, 1.54) is 12.8 Å². The van der Waals surface area contributed by atoms with Gasteiger partial charge in [-0.1, -0.05) is 0 Å². The van der Waals surface area contributed by atoms with Gasteiger partial charge in [-0.15, -0.1) is 0 Å². The molecule has 1 aromatic heterocycles. The van der Waals surface area contributed by atoms with Crippen molar-refractivity contribution in [3.8, 4) is 0 Å². The Balaban J connectivity index is 1.63. The lowest BCUT2D eigenvalue weighted by atomic mass is 9.79. The summed E-state index contributed by atoms with van der Waals surface area (Å²) in [4.78, 5) is 16.1. The highest BCUT2D eigenvalue weighted by atomic mass is 16.3. The Hall–Kier alpha value is -1.29. The van der Waals surface area contributed by atoms with Crippen LogP contribution in [0.25, 0.3) is 0 Å². The average molecular weight is 276 g/mol. The number of carbonyl (C=O) groups excluding carboxylic acids is 1. The molecule has 4 nitrogen and oxygen atoms in total. The van der Waals surface area contributed by atoms with E-state index in [0.717, 1.165) is 50.7 Å². The maximum Gasteiger partial charge on any atom is 0.219 e. The number of piperidine rings is 1. The molecule has 0 aromatic carbocycles. The normalized spacial score (nSPS) is 27.4. The van der Waals surface area contributed by atoms with Gasteiger partial charge >= 0.3 is 0 Å². The van der Waals surface area contributed by atoms with Gasteiger partial charge in [0, 0.05) is 32.0 Å². The molecule has 2 aliphatic heterocycles. The van der Waals surface area contributed by atoms with E-state index in [-0.39, 0.29) is 5.91 Å². The van der Waals surface area contributed by atoms with Crippen molar-refractivity contribution in [1.29, 1.82) is 0 Å². The van der Waals surface area contributed by atoms with Gasteiger partial charge in [0.2, 0.25) is 5.91 Å². The van der Waals surface area contributed by atoms with Gasteiger partial charge in [0.1, 0.15) is 11.5 Å². The summed E-state index contributed by atoms with van der Waals surface area (Å²) in [6.07, 6.45) is 3.64. The zero-order chi connectivity index (χ0) is 14.2. The predicted molar refractivity (Wildman–Crippen MR) is 77.3 cm³/mol. The molecule has 110 valence electrons. The van der Waals surface area contributed by atoms with E-state index in [1.54, 1.807) is 6.92 Å². The Labute approximate surface area is 120 Å². The zero-order valence-electron chi connectivity index (χ0n) is 12.5. The van der Waals surface area contributed by atoms with Gasteiger partial charge < -0.3 is 9.32 Å². The van der Waals surface area contributed by atoms with Crippen LogP contribution >= 0.6 is 0 Å². The fraction of sp³-hybridized carbons (Fsp3) is 0.688. The summed E-state index contributed by atoms with van der Waals surface area (Å²) in [5, 5.41) is 0. The topological polar surface area (TPSA) is 36.7 Å². The van der Waals surface area contributed by atoms with Crippen LogP contribution in [-0.2, 0) is 11.3 Å². The Morgan fingerprint density at radius 1 is 1.30 bits per heavy atom. The first-order valence-corrected chi connectivity index (χ1v) is 7.60. The van der Waals surface area contributed by atoms with Crippen molar-refractivity contribution in [2.24, 2.45) is 5.41 Å². The van der Waals surface area contributed by atoms with Gasteiger partial charge in [-0.3, -0.25) is 9.69 Å². The van der Waals surface area contributed by atoms with Crippen molar-refractivity contribution in [3.63, 3.8) is 0 Å². The summed E-state index contributed by atoms with van der Waals surface area (Å²) in [5.41, 5.74) is 0.325. The Kier molecular flexibility index (Phi) is 3.59. The Morgan fingerprint density at radius 2 is 2.15 bits per heavy atom. The maximum absolute atomic E-state index is 11.5. The molecular formula is C16H24N2O2. The van der Waals surface area contributed by atoms with Crippen molar-refractivity contribution >= 4 is 5.91 Å². The molecule has 2 aliphatic rings. The summed E-state index contributed by atoms with van der Waals surface area (Å²) in [6.45, 7) is 8.68. The number of rotatable bonds is 2. The molecule has 0 radical (unpaired) electrons. The number of amides is 1. The van der Waals surface area contributed by atoms with Crippen LogP contribution in [0.1, 0.15) is 37.7 Å². The van der Waals surface area contributed by atoms with Crippen LogP contribution < -0.4 is 0 Å². The number of carbonyl (C=O) groups is 1. The number of aryl methyl sites for hydroxylation is 1. The standard InChI is InChI=1S/C16H24N2O2/c1-13-4-5-15(20-13)10-17-8-3-6-16(11-17)7-9-18(12-16)14(2)19/h4-5H,3,6-12H2,1-2H3/t16-/m1/s1. The van der Waals surface area contributed by atoms with E-state index in [4.69, 9.17) is 4.42 Å². The Morgan fingerprint density at radius 3 is 2.80 bits per heavy atom.